The van der Waals surface area contributed by atoms with E-state index in [1.807, 2.05) is 20.8 Å². The molecule has 1 amide bonds. The average Bonchev–Trinajstić information content (AvgIpc) is 2.78. The fourth-order valence-electron chi connectivity index (χ4n) is 1.70. The van der Waals surface area contributed by atoms with E-state index in [4.69, 9.17) is 9.57 Å². The highest BCUT2D eigenvalue weighted by Crippen LogP contribution is 2.24. The molecule has 7 nitrogen and oxygen atoms in total. The van der Waals surface area contributed by atoms with Crippen LogP contribution in [0.2, 0.25) is 0 Å². The summed E-state index contributed by atoms with van der Waals surface area (Å²) in [5.74, 6) is 0. The number of carbonyl (C=O) groups is 2. The molecule has 1 N–H and O–H groups in total. The standard InChI is InChI=1S/C14H18N2O5/c1-14(2,3)21-15-10-4-6-11(7-5-10)16-8-12(19-9-17)20-13(16)18/h4-7,9,12,15H,8H2,1-3H3. The van der Waals surface area contributed by atoms with Gasteiger partial charge in [-0.3, -0.25) is 20.0 Å². The Morgan fingerprint density at radius 1 is 1.33 bits per heavy atom. The average molecular weight is 294 g/mol. The van der Waals surface area contributed by atoms with E-state index in [9.17, 15) is 9.59 Å². The lowest BCUT2D eigenvalue weighted by Crippen LogP contribution is -2.25. The molecule has 0 spiro atoms. The highest BCUT2D eigenvalue weighted by atomic mass is 16.7. The minimum absolute atomic E-state index is 0.169. The summed E-state index contributed by atoms with van der Waals surface area (Å²) in [7, 11) is 0. The third-order valence-corrected chi connectivity index (χ3v) is 2.65. The van der Waals surface area contributed by atoms with Gasteiger partial charge in [-0.2, -0.15) is 0 Å². The highest BCUT2D eigenvalue weighted by molar-refractivity contribution is 5.89. The minimum Gasteiger partial charge on any atom is -0.425 e. The van der Waals surface area contributed by atoms with Crippen molar-refractivity contribution in [2.75, 3.05) is 16.9 Å². The van der Waals surface area contributed by atoms with Crippen LogP contribution in [0.25, 0.3) is 0 Å². The lowest BCUT2D eigenvalue weighted by atomic mass is 10.2. The van der Waals surface area contributed by atoms with E-state index in [1.54, 1.807) is 24.3 Å². The quantitative estimate of drug-likeness (QED) is 0.663. The number of rotatable bonds is 5. The molecule has 0 bridgehead atoms. The van der Waals surface area contributed by atoms with E-state index >= 15 is 0 Å². The SMILES string of the molecule is CC(C)(C)ONc1ccc(N2CC(OC=O)OC2=O)cc1. The van der Waals surface area contributed by atoms with Gasteiger partial charge in [-0.1, -0.05) is 0 Å². The van der Waals surface area contributed by atoms with Gasteiger partial charge in [-0.15, -0.1) is 0 Å². The summed E-state index contributed by atoms with van der Waals surface area (Å²) in [5.41, 5.74) is 3.95. The summed E-state index contributed by atoms with van der Waals surface area (Å²) >= 11 is 0. The van der Waals surface area contributed by atoms with Crippen LogP contribution in [0.3, 0.4) is 0 Å². The summed E-state index contributed by atoms with van der Waals surface area (Å²) in [6.07, 6.45) is -1.41. The van der Waals surface area contributed by atoms with E-state index < -0.39 is 12.4 Å². The van der Waals surface area contributed by atoms with Gasteiger partial charge in [0.15, 0.2) is 0 Å². The highest BCUT2D eigenvalue weighted by Gasteiger charge is 2.33. The molecule has 1 aliphatic heterocycles. The van der Waals surface area contributed by atoms with Crippen molar-refractivity contribution in [2.45, 2.75) is 32.7 Å². The Morgan fingerprint density at radius 2 is 2.00 bits per heavy atom. The van der Waals surface area contributed by atoms with Crippen LogP contribution in [-0.2, 0) is 19.1 Å². The zero-order chi connectivity index (χ0) is 15.5. The van der Waals surface area contributed by atoms with Crippen LogP contribution < -0.4 is 10.4 Å². The summed E-state index contributed by atoms with van der Waals surface area (Å²) < 4.78 is 9.51. The van der Waals surface area contributed by atoms with Gasteiger partial charge in [0.2, 0.25) is 0 Å². The third kappa shape index (κ3) is 4.09. The van der Waals surface area contributed by atoms with Crippen molar-refractivity contribution < 1.29 is 23.9 Å². The van der Waals surface area contributed by atoms with Crippen molar-refractivity contribution in [3.05, 3.63) is 24.3 Å². The molecular formula is C14H18N2O5. The van der Waals surface area contributed by atoms with Gasteiger partial charge in [0.05, 0.1) is 11.3 Å². The second kappa shape index (κ2) is 6.01. The molecule has 1 aromatic carbocycles. The van der Waals surface area contributed by atoms with Crippen LogP contribution in [0, 0.1) is 0 Å². The Hall–Kier alpha value is -2.28. The predicted molar refractivity (Wildman–Crippen MR) is 75.7 cm³/mol. The molecule has 1 unspecified atom stereocenters. The van der Waals surface area contributed by atoms with Crippen LogP contribution in [-0.4, -0.2) is 31.0 Å². The Bertz CT molecular complexity index is 509. The molecule has 1 fully saturated rings. The summed E-state index contributed by atoms with van der Waals surface area (Å²) in [4.78, 5) is 28.8. The number of amides is 1. The molecule has 0 radical (unpaired) electrons. The van der Waals surface area contributed by atoms with E-state index in [0.29, 0.717) is 5.69 Å². The summed E-state index contributed by atoms with van der Waals surface area (Å²) in [6.45, 7) is 6.23. The van der Waals surface area contributed by atoms with E-state index in [-0.39, 0.29) is 18.6 Å². The van der Waals surface area contributed by atoms with Crippen molar-refractivity contribution in [2.24, 2.45) is 0 Å². The van der Waals surface area contributed by atoms with Crippen LogP contribution in [0.1, 0.15) is 20.8 Å². The molecule has 1 heterocycles. The van der Waals surface area contributed by atoms with Crippen LogP contribution in [0.5, 0.6) is 0 Å². The molecule has 2 rings (SSSR count). The molecule has 0 saturated carbocycles. The van der Waals surface area contributed by atoms with Gasteiger partial charge in [-0.05, 0) is 45.0 Å². The Morgan fingerprint density at radius 3 is 2.57 bits per heavy atom. The van der Waals surface area contributed by atoms with E-state index in [2.05, 4.69) is 10.2 Å². The molecule has 1 atom stereocenters. The molecule has 0 aliphatic carbocycles. The number of hydrogen-bond donors (Lipinski definition) is 1. The lowest BCUT2D eigenvalue weighted by Gasteiger charge is -2.20. The largest absolute Gasteiger partial charge is 0.425 e. The second-order valence-electron chi connectivity index (χ2n) is 5.52. The first-order valence-electron chi connectivity index (χ1n) is 6.50. The number of nitrogens with zero attached hydrogens (tertiary/aromatic N) is 1. The first-order valence-corrected chi connectivity index (χ1v) is 6.50. The molecule has 114 valence electrons. The molecule has 1 aromatic rings. The Labute approximate surface area is 122 Å². The zero-order valence-corrected chi connectivity index (χ0v) is 12.2. The van der Waals surface area contributed by atoms with Crippen molar-refractivity contribution in [3.8, 4) is 0 Å². The number of carbonyl (C=O) groups excluding carboxylic acids is 2. The zero-order valence-electron chi connectivity index (χ0n) is 12.2. The van der Waals surface area contributed by atoms with Crippen LogP contribution >= 0.6 is 0 Å². The van der Waals surface area contributed by atoms with E-state index in [1.165, 1.54) is 4.90 Å². The molecule has 0 aromatic heterocycles. The molecule has 7 heteroatoms. The van der Waals surface area contributed by atoms with Crippen molar-refractivity contribution in [1.29, 1.82) is 0 Å². The van der Waals surface area contributed by atoms with E-state index in [0.717, 1.165) is 5.69 Å². The van der Waals surface area contributed by atoms with Gasteiger partial charge < -0.3 is 9.47 Å². The van der Waals surface area contributed by atoms with Crippen molar-refractivity contribution >= 4 is 23.9 Å². The first kappa shape index (κ1) is 15.1. The van der Waals surface area contributed by atoms with Gasteiger partial charge in [0.1, 0.15) is 6.54 Å². The number of anilines is 2. The van der Waals surface area contributed by atoms with Gasteiger partial charge in [0, 0.05) is 5.69 Å². The first-order chi connectivity index (χ1) is 9.89. The monoisotopic (exact) mass is 294 g/mol. The normalized spacial score (nSPS) is 18.3. The minimum atomic E-state index is -0.864. The smallest absolute Gasteiger partial charge is 0.417 e. The van der Waals surface area contributed by atoms with Crippen molar-refractivity contribution in [1.82, 2.24) is 0 Å². The van der Waals surface area contributed by atoms with Gasteiger partial charge >= 0.3 is 6.09 Å². The molecule has 21 heavy (non-hydrogen) atoms. The molecular weight excluding hydrogens is 276 g/mol. The summed E-state index contributed by atoms with van der Waals surface area (Å²) in [6, 6.07) is 7.06. The maximum atomic E-state index is 11.7. The topological polar surface area (TPSA) is 77.1 Å². The Kier molecular flexibility index (Phi) is 4.32. The Balaban J connectivity index is 1.99. The van der Waals surface area contributed by atoms with Gasteiger partial charge in [-0.25, -0.2) is 4.79 Å². The third-order valence-electron chi connectivity index (χ3n) is 2.65. The summed E-state index contributed by atoms with van der Waals surface area (Å²) in [5, 5.41) is 0. The number of nitrogens with one attached hydrogen (secondary N) is 1. The maximum Gasteiger partial charge on any atom is 0.417 e. The predicted octanol–water partition coefficient (Wildman–Crippen LogP) is 2.28. The second-order valence-corrected chi connectivity index (χ2v) is 5.52. The van der Waals surface area contributed by atoms with Crippen LogP contribution in [0.4, 0.5) is 16.2 Å². The lowest BCUT2D eigenvalue weighted by molar-refractivity contribution is -0.146. The van der Waals surface area contributed by atoms with Crippen LogP contribution in [0.15, 0.2) is 24.3 Å². The van der Waals surface area contributed by atoms with Crippen molar-refractivity contribution in [3.63, 3.8) is 0 Å². The number of cyclic esters (lactones) is 1. The number of benzene rings is 1. The number of ether oxygens (including phenoxy) is 2. The molecule has 1 aliphatic rings. The fourth-order valence-corrected chi connectivity index (χ4v) is 1.70. The van der Waals surface area contributed by atoms with Gasteiger partial charge in [0.25, 0.3) is 12.8 Å². The number of hydrogen-bond acceptors (Lipinski definition) is 6. The maximum absolute atomic E-state index is 11.7. The fraction of sp³-hybridized carbons (Fsp3) is 0.429. The molecule has 1 saturated heterocycles.